The van der Waals surface area contributed by atoms with Gasteiger partial charge in [0.15, 0.2) is 0 Å². The van der Waals surface area contributed by atoms with Gasteiger partial charge in [0.1, 0.15) is 0 Å². The average Bonchev–Trinajstić information content (AvgIpc) is 2.87. The van der Waals surface area contributed by atoms with Gasteiger partial charge in [0.25, 0.3) is 0 Å². The molecule has 0 aliphatic carbocycles. The summed E-state index contributed by atoms with van der Waals surface area (Å²) in [5, 5.41) is 6.20. The van der Waals surface area contributed by atoms with Gasteiger partial charge < -0.3 is 20.1 Å². The average molecular weight is 273 g/mol. The molecule has 2 N–H and O–H groups in total. The number of nitrogens with zero attached hydrogens (tertiary/aromatic N) is 3. The maximum absolute atomic E-state index is 12.0. The monoisotopic (exact) mass is 273 g/mol. The van der Waals surface area contributed by atoms with Crippen LogP contribution >= 0.6 is 0 Å². The van der Waals surface area contributed by atoms with E-state index in [1.165, 1.54) is 0 Å². The summed E-state index contributed by atoms with van der Waals surface area (Å²) in [6.07, 6.45) is 1.80. The molecule has 3 rings (SSSR count). The van der Waals surface area contributed by atoms with E-state index in [9.17, 15) is 4.79 Å². The van der Waals surface area contributed by atoms with E-state index >= 15 is 0 Å². The number of benzene rings is 1. The summed E-state index contributed by atoms with van der Waals surface area (Å²) in [4.78, 5) is 18.2. The number of rotatable bonds is 2. The van der Waals surface area contributed by atoms with E-state index in [4.69, 9.17) is 0 Å². The van der Waals surface area contributed by atoms with Crippen LogP contribution in [0.5, 0.6) is 0 Å². The molecule has 0 bridgehead atoms. The Hall–Kier alpha value is -2.08. The highest BCUT2D eigenvalue weighted by Gasteiger charge is 2.15. The van der Waals surface area contributed by atoms with Crippen LogP contribution < -0.4 is 10.6 Å². The van der Waals surface area contributed by atoms with Gasteiger partial charge in [-0.05, 0) is 17.7 Å². The van der Waals surface area contributed by atoms with Crippen molar-refractivity contribution in [1.82, 2.24) is 25.1 Å². The van der Waals surface area contributed by atoms with Crippen molar-refractivity contribution in [3.8, 4) is 0 Å². The second-order valence-corrected chi connectivity index (χ2v) is 5.07. The van der Waals surface area contributed by atoms with Gasteiger partial charge >= 0.3 is 6.03 Å². The molecule has 1 aromatic heterocycles. The molecule has 2 amide bonds. The Labute approximate surface area is 117 Å². The van der Waals surface area contributed by atoms with Crippen LogP contribution in [0.4, 0.5) is 4.79 Å². The first-order valence-corrected chi connectivity index (χ1v) is 6.87. The van der Waals surface area contributed by atoms with Crippen molar-refractivity contribution in [3.63, 3.8) is 0 Å². The Morgan fingerprint density at radius 2 is 2.20 bits per heavy atom. The molecule has 20 heavy (non-hydrogen) atoms. The summed E-state index contributed by atoms with van der Waals surface area (Å²) in [6, 6.07) is 6.09. The number of carbonyl (C=O) groups excluding carboxylic acids is 1. The quantitative estimate of drug-likeness (QED) is 0.846. The Balaban J connectivity index is 1.62. The molecule has 1 aromatic carbocycles. The lowest BCUT2D eigenvalue weighted by Gasteiger charge is -2.27. The van der Waals surface area contributed by atoms with E-state index in [0.29, 0.717) is 6.54 Å². The normalized spacial score (nSPS) is 15.6. The van der Waals surface area contributed by atoms with Crippen molar-refractivity contribution in [3.05, 3.63) is 30.1 Å². The number of piperazine rings is 1. The number of nitrogens with one attached hydrogen (secondary N) is 2. The molecule has 0 radical (unpaired) electrons. The topological polar surface area (TPSA) is 62.2 Å². The minimum absolute atomic E-state index is 0.00705. The molecule has 0 spiro atoms. The van der Waals surface area contributed by atoms with Crippen molar-refractivity contribution in [2.24, 2.45) is 7.05 Å². The standard InChI is InChI=1S/C14H19N5O/c1-18-10-17-12-8-11(2-3-13(12)18)9-16-14(20)19-6-4-15-5-7-19/h2-3,8,10,15H,4-7,9H2,1H3,(H,16,20). The zero-order valence-corrected chi connectivity index (χ0v) is 11.6. The van der Waals surface area contributed by atoms with Gasteiger partial charge in [-0.2, -0.15) is 0 Å². The Morgan fingerprint density at radius 3 is 3.00 bits per heavy atom. The summed E-state index contributed by atoms with van der Waals surface area (Å²) >= 11 is 0. The highest BCUT2D eigenvalue weighted by atomic mass is 16.2. The highest BCUT2D eigenvalue weighted by molar-refractivity contribution is 5.77. The highest BCUT2D eigenvalue weighted by Crippen LogP contribution is 2.13. The maximum Gasteiger partial charge on any atom is 0.317 e. The van der Waals surface area contributed by atoms with E-state index in [2.05, 4.69) is 15.6 Å². The fourth-order valence-corrected chi connectivity index (χ4v) is 2.45. The number of urea groups is 1. The van der Waals surface area contributed by atoms with Crippen molar-refractivity contribution >= 4 is 17.1 Å². The van der Waals surface area contributed by atoms with E-state index in [-0.39, 0.29) is 6.03 Å². The van der Waals surface area contributed by atoms with Crippen LogP contribution in [-0.4, -0.2) is 46.7 Å². The lowest BCUT2D eigenvalue weighted by atomic mass is 10.2. The van der Waals surface area contributed by atoms with Crippen LogP contribution in [0.25, 0.3) is 11.0 Å². The fourth-order valence-electron chi connectivity index (χ4n) is 2.45. The lowest BCUT2D eigenvalue weighted by molar-refractivity contribution is 0.190. The van der Waals surface area contributed by atoms with Crippen LogP contribution in [0.1, 0.15) is 5.56 Å². The number of amides is 2. The zero-order chi connectivity index (χ0) is 13.9. The molecule has 0 unspecified atom stereocenters. The molecule has 6 nitrogen and oxygen atoms in total. The first-order chi connectivity index (χ1) is 9.74. The van der Waals surface area contributed by atoms with Crippen molar-refractivity contribution < 1.29 is 4.79 Å². The van der Waals surface area contributed by atoms with Gasteiger partial charge in [0, 0.05) is 39.8 Å². The fraction of sp³-hybridized carbons (Fsp3) is 0.429. The van der Waals surface area contributed by atoms with E-state index < -0.39 is 0 Å². The Kier molecular flexibility index (Phi) is 3.56. The van der Waals surface area contributed by atoms with Gasteiger partial charge in [-0.25, -0.2) is 9.78 Å². The van der Waals surface area contributed by atoms with Gasteiger partial charge in [-0.1, -0.05) is 6.07 Å². The molecular formula is C14H19N5O. The van der Waals surface area contributed by atoms with Gasteiger partial charge in [0.2, 0.25) is 0 Å². The molecule has 1 aliphatic rings. The number of hydrogen-bond acceptors (Lipinski definition) is 3. The van der Waals surface area contributed by atoms with Gasteiger partial charge in [-0.15, -0.1) is 0 Å². The third kappa shape index (κ3) is 2.60. The lowest BCUT2D eigenvalue weighted by Crippen LogP contribution is -2.50. The van der Waals surface area contributed by atoms with Crippen molar-refractivity contribution in [1.29, 1.82) is 0 Å². The number of hydrogen-bond donors (Lipinski definition) is 2. The smallest absolute Gasteiger partial charge is 0.317 e. The number of imidazole rings is 1. The number of carbonyl (C=O) groups is 1. The van der Waals surface area contributed by atoms with Crippen LogP contribution in [-0.2, 0) is 13.6 Å². The third-order valence-electron chi connectivity index (χ3n) is 3.64. The first kappa shape index (κ1) is 12.9. The molecule has 6 heteroatoms. The van der Waals surface area contributed by atoms with E-state index in [1.54, 1.807) is 6.33 Å². The molecule has 0 saturated carbocycles. The minimum atomic E-state index is 0.00705. The maximum atomic E-state index is 12.0. The summed E-state index contributed by atoms with van der Waals surface area (Å²) in [5.41, 5.74) is 3.13. The molecule has 106 valence electrons. The summed E-state index contributed by atoms with van der Waals surface area (Å²) < 4.78 is 1.98. The summed E-state index contributed by atoms with van der Waals surface area (Å²) in [7, 11) is 1.97. The molecule has 2 aromatic rings. The number of fused-ring (bicyclic) bond motifs is 1. The van der Waals surface area contributed by atoms with E-state index in [1.807, 2.05) is 34.7 Å². The van der Waals surface area contributed by atoms with E-state index in [0.717, 1.165) is 42.8 Å². The second kappa shape index (κ2) is 5.50. The SMILES string of the molecule is Cn1cnc2cc(CNC(=O)N3CCNCC3)ccc21. The van der Waals surface area contributed by atoms with Crippen LogP contribution in [0.2, 0.25) is 0 Å². The summed E-state index contributed by atoms with van der Waals surface area (Å²) in [5.74, 6) is 0. The van der Waals surface area contributed by atoms with Crippen LogP contribution in [0.3, 0.4) is 0 Å². The van der Waals surface area contributed by atoms with Crippen molar-refractivity contribution in [2.75, 3.05) is 26.2 Å². The first-order valence-electron chi connectivity index (χ1n) is 6.87. The molecular weight excluding hydrogens is 254 g/mol. The predicted molar refractivity (Wildman–Crippen MR) is 77.4 cm³/mol. The van der Waals surface area contributed by atoms with Crippen LogP contribution in [0.15, 0.2) is 24.5 Å². The predicted octanol–water partition coefficient (Wildman–Crippen LogP) is 0.688. The van der Waals surface area contributed by atoms with Crippen LogP contribution in [0, 0.1) is 0 Å². The zero-order valence-electron chi connectivity index (χ0n) is 11.6. The van der Waals surface area contributed by atoms with Gasteiger partial charge in [-0.3, -0.25) is 0 Å². The molecule has 2 heterocycles. The summed E-state index contributed by atoms with van der Waals surface area (Å²) in [6.45, 7) is 3.81. The van der Waals surface area contributed by atoms with Crippen molar-refractivity contribution in [2.45, 2.75) is 6.54 Å². The minimum Gasteiger partial charge on any atom is -0.334 e. The number of aromatic nitrogens is 2. The molecule has 1 fully saturated rings. The largest absolute Gasteiger partial charge is 0.334 e. The Bertz CT molecular complexity index is 615. The van der Waals surface area contributed by atoms with Gasteiger partial charge in [0.05, 0.1) is 17.4 Å². The second-order valence-electron chi connectivity index (χ2n) is 5.07. The molecule has 1 saturated heterocycles. The number of aryl methyl sites for hydroxylation is 1. The molecule has 0 atom stereocenters. The third-order valence-corrected chi connectivity index (χ3v) is 3.64. The Morgan fingerprint density at radius 1 is 1.40 bits per heavy atom. The molecule has 1 aliphatic heterocycles.